The molecule has 1 aromatic heterocycles. The van der Waals surface area contributed by atoms with Crippen molar-refractivity contribution in [3.63, 3.8) is 0 Å². The minimum Gasteiger partial charge on any atom is -0.472 e. The van der Waals surface area contributed by atoms with E-state index in [1.54, 1.807) is 25.3 Å². The van der Waals surface area contributed by atoms with E-state index >= 15 is 0 Å². The van der Waals surface area contributed by atoms with Gasteiger partial charge in [0.15, 0.2) is 0 Å². The fraction of sp³-hybridized carbons (Fsp3) is 0.520. The first-order chi connectivity index (χ1) is 16.8. The molecule has 2 aliphatic rings. The number of benzene rings is 1. The van der Waals surface area contributed by atoms with E-state index in [4.69, 9.17) is 19.2 Å². The minimum atomic E-state index is -4.60. The van der Waals surface area contributed by atoms with Crippen LogP contribution in [0.25, 0.3) is 0 Å². The van der Waals surface area contributed by atoms with E-state index in [0.717, 1.165) is 6.07 Å². The number of piperidine rings is 1. The molecule has 2 aliphatic heterocycles. The van der Waals surface area contributed by atoms with Crippen LogP contribution in [-0.4, -0.2) is 63.9 Å². The summed E-state index contributed by atoms with van der Waals surface area (Å²) in [5.74, 6) is 0.00548. The number of methoxy groups -OCH3 is 1. The maximum Gasteiger partial charge on any atom is 0.417 e. The van der Waals surface area contributed by atoms with Gasteiger partial charge in [0.25, 0.3) is 5.91 Å². The molecule has 3 heterocycles. The Bertz CT molecular complexity index is 1060. The molecule has 7 nitrogen and oxygen atoms in total. The topological polar surface area (TPSA) is 78.9 Å². The quantitative estimate of drug-likeness (QED) is 0.541. The smallest absolute Gasteiger partial charge is 0.417 e. The van der Waals surface area contributed by atoms with Gasteiger partial charge in [-0.1, -0.05) is 0 Å². The van der Waals surface area contributed by atoms with Gasteiger partial charge in [-0.05, 0) is 42.5 Å². The van der Waals surface area contributed by atoms with Gasteiger partial charge in [0.2, 0.25) is 0 Å². The Morgan fingerprint density at radius 1 is 1.26 bits per heavy atom. The molecule has 2 fully saturated rings. The van der Waals surface area contributed by atoms with Gasteiger partial charge < -0.3 is 23.7 Å². The van der Waals surface area contributed by atoms with E-state index in [-0.39, 0.29) is 22.8 Å². The summed E-state index contributed by atoms with van der Waals surface area (Å²) < 4.78 is 56.3. The van der Waals surface area contributed by atoms with Crippen LogP contribution in [0, 0.1) is 22.7 Å². The number of likely N-dealkylation sites (tertiary alicyclic amines) is 1. The molecule has 1 atom stereocenters. The highest BCUT2D eigenvalue weighted by molar-refractivity contribution is 5.94. The molecule has 1 spiro atoms. The summed E-state index contributed by atoms with van der Waals surface area (Å²) in [6.45, 7) is 3.61. The van der Waals surface area contributed by atoms with E-state index in [1.807, 2.05) is 9.80 Å². The molecule has 0 N–H and O–H groups in total. The summed E-state index contributed by atoms with van der Waals surface area (Å²) >= 11 is 0. The van der Waals surface area contributed by atoms with E-state index in [0.29, 0.717) is 70.1 Å². The van der Waals surface area contributed by atoms with Crippen molar-refractivity contribution in [3.05, 3.63) is 53.5 Å². The molecule has 4 rings (SSSR count). The highest BCUT2D eigenvalue weighted by Gasteiger charge is 2.49. The number of ether oxygens (including phenoxy) is 2. The number of halogens is 3. The number of furan rings is 1. The van der Waals surface area contributed by atoms with Gasteiger partial charge >= 0.3 is 6.18 Å². The lowest BCUT2D eigenvalue weighted by atomic mass is 9.71. The monoisotopic (exact) mass is 491 g/mol. The average Bonchev–Trinajstić information content (AvgIpc) is 3.50. The van der Waals surface area contributed by atoms with Gasteiger partial charge in [0.05, 0.1) is 48.8 Å². The number of nitriles is 1. The van der Waals surface area contributed by atoms with Crippen molar-refractivity contribution in [2.24, 2.45) is 11.3 Å². The molecule has 1 amide bonds. The van der Waals surface area contributed by atoms with Crippen LogP contribution in [0.4, 0.5) is 18.9 Å². The average molecular weight is 492 g/mol. The number of amides is 1. The Morgan fingerprint density at radius 3 is 2.66 bits per heavy atom. The highest BCUT2D eigenvalue weighted by atomic mass is 19.4. The number of hydrogen-bond donors (Lipinski definition) is 0. The van der Waals surface area contributed by atoms with Crippen LogP contribution in [0.2, 0.25) is 0 Å². The fourth-order valence-corrected chi connectivity index (χ4v) is 5.19. The largest absolute Gasteiger partial charge is 0.472 e. The fourth-order valence-electron chi connectivity index (χ4n) is 5.19. The molecule has 10 heteroatoms. The summed E-state index contributed by atoms with van der Waals surface area (Å²) in [6.07, 6.45) is -0.273. The van der Waals surface area contributed by atoms with E-state index < -0.39 is 11.7 Å². The van der Waals surface area contributed by atoms with Crippen molar-refractivity contribution in [1.82, 2.24) is 4.90 Å². The summed E-state index contributed by atoms with van der Waals surface area (Å²) in [6, 6.07) is 7.13. The Morgan fingerprint density at radius 2 is 2.03 bits per heavy atom. The number of carbonyl (C=O) groups excluding carboxylic acids is 1. The second kappa shape index (κ2) is 10.3. The van der Waals surface area contributed by atoms with Crippen LogP contribution in [0.1, 0.15) is 34.3 Å². The van der Waals surface area contributed by atoms with Gasteiger partial charge in [-0.15, -0.1) is 0 Å². The maximum atomic E-state index is 13.4. The third kappa shape index (κ3) is 5.31. The Labute approximate surface area is 202 Å². The lowest BCUT2D eigenvalue weighted by Crippen LogP contribution is -2.45. The van der Waals surface area contributed by atoms with Gasteiger partial charge in [0.1, 0.15) is 6.26 Å². The first-order valence-corrected chi connectivity index (χ1v) is 11.5. The first-order valence-electron chi connectivity index (χ1n) is 11.5. The van der Waals surface area contributed by atoms with Crippen LogP contribution < -0.4 is 4.90 Å². The predicted molar refractivity (Wildman–Crippen MR) is 121 cm³/mol. The zero-order valence-corrected chi connectivity index (χ0v) is 19.5. The number of rotatable bonds is 7. The van der Waals surface area contributed by atoms with Crippen molar-refractivity contribution < 1.29 is 31.9 Å². The van der Waals surface area contributed by atoms with E-state index in [2.05, 4.69) is 0 Å². The highest BCUT2D eigenvalue weighted by Crippen LogP contribution is 2.46. The maximum absolute atomic E-state index is 13.4. The Kier molecular flexibility index (Phi) is 7.38. The van der Waals surface area contributed by atoms with Crippen molar-refractivity contribution in [2.45, 2.75) is 19.0 Å². The third-order valence-corrected chi connectivity index (χ3v) is 7.17. The van der Waals surface area contributed by atoms with Crippen LogP contribution in [0.15, 0.2) is 41.2 Å². The SMILES string of the molecule is COCCOCC1CN(C(=O)c2ccoc2)CC12CCN(c1ccc(C#N)c(C(F)(F)F)c1)CC2. The number of nitrogens with zero attached hydrogens (tertiary/aromatic N) is 3. The van der Waals surface area contributed by atoms with Crippen LogP contribution in [0.5, 0.6) is 0 Å². The number of carbonyl (C=O) groups is 1. The second-order valence-corrected chi connectivity index (χ2v) is 9.15. The molecule has 2 saturated heterocycles. The predicted octanol–water partition coefficient (Wildman–Crippen LogP) is 4.19. The molecule has 1 unspecified atom stereocenters. The third-order valence-electron chi connectivity index (χ3n) is 7.17. The van der Waals surface area contributed by atoms with Gasteiger partial charge in [-0.2, -0.15) is 18.4 Å². The molecular weight excluding hydrogens is 463 g/mol. The lowest BCUT2D eigenvalue weighted by molar-refractivity contribution is -0.137. The van der Waals surface area contributed by atoms with Crippen molar-refractivity contribution in [2.75, 3.05) is 58.0 Å². The molecule has 1 aromatic carbocycles. The van der Waals surface area contributed by atoms with Crippen molar-refractivity contribution in [3.8, 4) is 6.07 Å². The Hall–Kier alpha value is -3.03. The molecule has 188 valence electrons. The standard InChI is InChI=1S/C25H28F3N3O4/c1-33-10-11-35-16-20-14-31(23(32)19-4-9-34-15-19)17-24(20)5-7-30(8-6-24)21-3-2-18(13-29)22(12-21)25(26,27)28/h2-4,9,12,15,20H,5-8,10-11,14,16-17H2,1H3. The molecule has 0 bridgehead atoms. The molecular formula is C25H28F3N3O4. The summed E-state index contributed by atoms with van der Waals surface area (Å²) in [7, 11) is 1.61. The molecule has 0 saturated carbocycles. The Balaban J connectivity index is 1.50. The number of alkyl halides is 3. The van der Waals surface area contributed by atoms with Gasteiger partial charge in [-0.25, -0.2) is 0 Å². The summed E-state index contributed by atoms with van der Waals surface area (Å²) in [5, 5.41) is 9.07. The second-order valence-electron chi connectivity index (χ2n) is 9.15. The number of hydrogen-bond acceptors (Lipinski definition) is 6. The van der Waals surface area contributed by atoms with Crippen LogP contribution in [0.3, 0.4) is 0 Å². The summed E-state index contributed by atoms with van der Waals surface area (Å²) in [4.78, 5) is 16.7. The van der Waals surface area contributed by atoms with Crippen molar-refractivity contribution in [1.29, 1.82) is 5.26 Å². The van der Waals surface area contributed by atoms with E-state index in [9.17, 15) is 18.0 Å². The minimum absolute atomic E-state index is 0.0955. The molecule has 0 aliphatic carbocycles. The first kappa shape index (κ1) is 25.1. The molecule has 2 aromatic rings. The molecule has 35 heavy (non-hydrogen) atoms. The normalized spacial score (nSPS) is 19.8. The summed E-state index contributed by atoms with van der Waals surface area (Å²) in [5.41, 5.74) is -0.547. The van der Waals surface area contributed by atoms with E-state index in [1.165, 1.54) is 18.6 Å². The number of anilines is 1. The van der Waals surface area contributed by atoms with Gasteiger partial charge in [-0.3, -0.25) is 4.79 Å². The van der Waals surface area contributed by atoms with Crippen molar-refractivity contribution >= 4 is 11.6 Å². The van der Waals surface area contributed by atoms with Crippen LogP contribution in [-0.2, 0) is 15.7 Å². The molecule has 0 radical (unpaired) electrons. The lowest BCUT2D eigenvalue weighted by Gasteiger charge is -2.43. The zero-order valence-electron chi connectivity index (χ0n) is 19.5. The zero-order chi connectivity index (χ0) is 25.1. The van der Waals surface area contributed by atoms with Gasteiger partial charge in [0, 0.05) is 44.9 Å². The van der Waals surface area contributed by atoms with Crippen LogP contribution >= 0.6 is 0 Å².